The Balaban J connectivity index is 1.72. The van der Waals surface area contributed by atoms with E-state index in [0.717, 1.165) is 17.8 Å². The zero-order chi connectivity index (χ0) is 8.55. The predicted octanol–water partition coefficient (Wildman–Crippen LogP) is 3.82. The van der Waals surface area contributed by atoms with E-state index in [1.807, 2.05) is 5.92 Å². The van der Waals surface area contributed by atoms with Crippen molar-refractivity contribution in [2.24, 2.45) is 17.8 Å². The third-order valence-electron chi connectivity index (χ3n) is 3.49. The highest BCUT2D eigenvalue weighted by Gasteiger charge is 2.43. The fraction of sp³-hybridized carbons (Fsp3) is 0.917. The van der Waals surface area contributed by atoms with Crippen LogP contribution in [0.15, 0.2) is 0 Å². The van der Waals surface area contributed by atoms with Gasteiger partial charge in [0.05, 0.1) is 0 Å². The van der Waals surface area contributed by atoms with E-state index in [0.29, 0.717) is 0 Å². The first-order valence-corrected chi connectivity index (χ1v) is 5.62. The molecule has 0 nitrogen and oxygen atoms in total. The van der Waals surface area contributed by atoms with Crippen LogP contribution in [0.25, 0.3) is 0 Å². The van der Waals surface area contributed by atoms with Crippen molar-refractivity contribution in [2.75, 3.05) is 0 Å². The quantitative estimate of drug-likeness (QED) is 0.596. The molecule has 0 aromatic carbocycles. The summed E-state index contributed by atoms with van der Waals surface area (Å²) in [6.07, 6.45) is 8.99. The standard InChI is InChI=1S/C12H21/c1-9(2)7-11-8-12(11)10-5-3-4-6-10/h9-10,12H,3-8H2,1-2H3. The minimum absolute atomic E-state index is 0.895. The monoisotopic (exact) mass is 165 g/mol. The van der Waals surface area contributed by atoms with E-state index in [1.54, 1.807) is 0 Å². The molecule has 0 heteroatoms. The first kappa shape index (κ1) is 8.59. The zero-order valence-electron chi connectivity index (χ0n) is 8.47. The van der Waals surface area contributed by atoms with Crippen LogP contribution in [0.3, 0.4) is 0 Å². The highest BCUT2D eigenvalue weighted by Crippen LogP contribution is 2.54. The maximum Gasteiger partial charge on any atom is -0.0201 e. The largest absolute Gasteiger partial charge is 0.0628 e. The van der Waals surface area contributed by atoms with Crippen molar-refractivity contribution >= 4 is 0 Å². The molecule has 0 bridgehead atoms. The number of rotatable bonds is 3. The molecule has 2 rings (SSSR count). The molecule has 2 aliphatic carbocycles. The van der Waals surface area contributed by atoms with Gasteiger partial charge in [0.15, 0.2) is 0 Å². The van der Waals surface area contributed by atoms with E-state index < -0.39 is 0 Å². The lowest BCUT2D eigenvalue weighted by molar-refractivity contribution is 0.472. The predicted molar refractivity (Wildman–Crippen MR) is 52.8 cm³/mol. The van der Waals surface area contributed by atoms with E-state index in [9.17, 15) is 0 Å². The van der Waals surface area contributed by atoms with Gasteiger partial charge in [-0.05, 0) is 36.5 Å². The fourth-order valence-corrected chi connectivity index (χ4v) is 2.84. The molecule has 0 N–H and O–H groups in total. The molecule has 2 fully saturated rings. The summed E-state index contributed by atoms with van der Waals surface area (Å²) < 4.78 is 0. The van der Waals surface area contributed by atoms with Crippen LogP contribution < -0.4 is 0 Å². The molecule has 0 heterocycles. The topological polar surface area (TPSA) is 0 Å². The molecule has 0 saturated heterocycles. The van der Waals surface area contributed by atoms with Crippen LogP contribution in [-0.4, -0.2) is 0 Å². The summed E-state index contributed by atoms with van der Waals surface area (Å²) in [6, 6.07) is 0. The lowest BCUT2D eigenvalue weighted by Gasteiger charge is -2.08. The summed E-state index contributed by atoms with van der Waals surface area (Å²) >= 11 is 0. The van der Waals surface area contributed by atoms with E-state index in [-0.39, 0.29) is 0 Å². The van der Waals surface area contributed by atoms with Gasteiger partial charge in [0.2, 0.25) is 0 Å². The van der Waals surface area contributed by atoms with Gasteiger partial charge in [0.25, 0.3) is 0 Å². The Morgan fingerprint density at radius 3 is 2.50 bits per heavy atom. The molecular formula is C12H21. The van der Waals surface area contributed by atoms with Gasteiger partial charge >= 0.3 is 0 Å². The van der Waals surface area contributed by atoms with Crippen LogP contribution in [0.1, 0.15) is 52.4 Å². The summed E-state index contributed by atoms with van der Waals surface area (Å²) in [5, 5.41) is 0. The summed E-state index contributed by atoms with van der Waals surface area (Å²) in [6.45, 7) is 4.69. The molecular weight excluding hydrogens is 144 g/mol. The summed E-state index contributed by atoms with van der Waals surface area (Å²) in [7, 11) is 0. The van der Waals surface area contributed by atoms with Gasteiger partial charge < -0.3 is 0 Å². The first-order chi connectivity index (χ1) is 5.77. The normalized spacial score (nSPS) is 31.8. The van der Waals surface area contributed by atoms with Crippen molar-refractivity contribution < 1.29 is 0 Å². The average Bonchev–Trinajstić information content (AvgIpc) is 2.59. The first-order valence-electron chi connectivity index (χ1n) is 5.62. The average molecular weight is 165 g/mol. The van der Waals surface area contributed by atoms with Crippen molar-refractivity contribution in [3.8, 4) is 0 Å². The van der Waals surface area contributed by atoms with Gasteiger partial charge in [-0.2, -0.15) is 0 Å². The number of hydrogen-bond acceptors (Lipinski definition) is 0. The number of hydrogen-bond donors (Lipinski definition) is 0. The fourth-order valence-electron chi connectivity index (χ4n) is 2.84. The molecule has 0 spiro atoms. The molecule has 1 radical (unpaired) electrons. The van der Waals surface area contributed by atoms with Crippen LogP contribution in [0.4, 0.5) is 0 Å². The van der Waals surface area contributed by atoms with Gasteiger partial charge in [0.1, 0.15) is 0 Å². The molecule has 1 atom stereocenters. The van der Waals surface area contributed by atoms with Crippen LogP contribution in [-0.2, 0) is 0 Å². The SMILES string of the molecule is CC(C)C[C]1CC1C1CCCC1. The lowest BCUT2D eigenvalue weighted by Crippen LogP contribution is -1.98. The Hall–Kier alpha value is 0. The second-order valence-corrected chi connectivity index (χ2v) is 5.11. The van der Waals surface area contributed by atoms with E-state index >= 15 is 0 Å². The van der Waals surface area contributed by atoms with Gasteiger partial charge in [-0.1, -0.05) is 39.5 Å². The maximum absolute atomic E-state index is 2.34. The Morgan fingerprint density at radius 2 is 1.92 bits per heavy atom. The molecule has 1 unspecified atom stereocenters. The molecule has 2 aliphatic rings. The minimum Gasteiger partial charge on any atom is -0.0628 e. The van der Waals surface area contributed by atoms with Crippen molar-refractivity contribution in [1.82, 2.24) is 0 Å². The summed E-state index contributed by atoms with van der Waals surface area (Å²) in [5.74, 6) is 4.98. The van der Waals surface area contributed by atoms with Gasteiger partial charge in [-0.25, -0.2) is 0 Å². The van der Waals surface area contributed by atoms with E-state index in [2.05, 4.69) is 13.8 Å². The van der Waals surface area contributed by atoms with Crippen molar-refractivity contribution in [3.05, 3.63) is 5.92 Å². The van der Waals surface area contributed by atoms with Gasteiger partial charge in [-0.3, -0.25) is 0 Å². The minimum atomic E-state index is 0.895. The molecule has 2 saturated carbocycles. The second kappa shape index (κ2) is 3.40. The Bertz CT molecular complexity index is 142. The molecule has 0 aliphatic heterocycles. The molecule has 0 aromatic rings. The van der Waals surface area contributed by atoms with E-state index in [4.69, 9.17) is 0 Å². The second-order valence-electron chi connectivity index (χ2n) is 5.11. The van der Waals surface area contributed by atoms with Crippen molar-refractivity contribution in [3.63, 3.8) is 0 Å². The highest BCUT2D eigenvalue weighted by molar-refractivity contribution is 5.16. The van der Waals surface area contributed by atoms with Gasteiger partial charge in [-0.15, -0.1) is 0 Å². The van der Waals surface area contributed by atoms with Gasteiger partial charge in [0, 0.05) is 0 Å². The Kier molecular flexibility index (Phi) is 2.43. The smallest absolute Gasteiger partial charge is 0.0201 e. The van der Waals surface area contributed by atoms with Crippen LogP contribution in [0, 0.1) is 23.7 Å². The van der Waals surface area contributed by atoms with Crippen molar-refractivity contribution in [2.45, 2.75) is 52.4 Å². The van der Waals surface area contributed by atoms with E-state index in [1.165, 1.54) is 38.5 Å². The molecule has 0 amide bonds. The van der Waals surface area contributed by atoms with Crippen LogP contribution >= 0.6 is 0 Å². The molecule has 12 heavy (non-hydrogen) atoms. The highest BCUT2D eigenvalue weighted by atomic mass is 14.5. The maximum atomic E-state index is 2.34. The third-order valence-corrected chi connectivity index (χ3v) is 3.49. The molecule has 0 aromatic heterocycles. The zero-order valence-corrected chi connectivity index (χ0v) is 8.47. The Labute approximate surface area is 76.7 Å². The Morgan fingerprint density at radius 1 is 1.25 bits per heavy atom. The molecule has 69 valence electrons. The van der Waals surface area contributed by atoms with Crippen LogP contribution in [0.5, 0.6) is 0 Å². The summed E-state index contributed by atoms with van der Waals surface area (Å²) in [4.78, 5) is 0. The van der Waals surface area contributed by atoms with Crippen LogP contribution in [0.2, 0.25) is 0 Å². The summed E-state index contributed by atoms with van der Waals surface area (Å²) in [5.41, 5.74) is 0. The third kappa shape index (κ3) is 1.84. The van der Waals surface area contributed by atoms with Crippen molar-refractivity contribution in [1.29, 1.82) is 0 Å². The lowest BCUT2D eigenvalue weighted by atomic mass is 9.97.